The highest BCUT2D eigenvalue weighted by atomic mass is 19.2. The van der Waals surface area contributed by atoms with Crippen molar-refractivity contribution in [2.75, 3.05) is 44.6 Å². The molecule has 6 rings (SSSR count). The number of aromatic nitrogens is 3. The van der Waals surface area contributed by atoms with Gasteiger partial charge in [-0.25, -0.2) is 14.4 Å². The molecule has 0 spiro atoms. The van der Waals surface area contributed by atoms with Crippen LogP contribution >= 0.6 is 0 Å². The molecule has 11 nitrogen and oxygen atoms in total. The third-order valence-corrected chi connectivity index (χ3v) is 8.00. The molecule has 4 heterocycles. The van der Waals surface area contributed by atoms with Gasteiger partial charge in [0.25, 0.3) is 5.91 Å². The number of halogens is 2. The molecule has 2 aliphatic rings. The summed E-state index contributed by atoms with van der Waals surface area (Å²) < 4.78 is 36.1. The number of anilines is 2. The van der Waals surface area contributed by atoms with Crippen molar-refractivity contribution in [3.63, 3.8) is 0 Å². The Hall–Kier alpha value is -5.09. The highest BCUT2D eigenvalue weighted by Gasteiger charge is 2.31. The number of hydrogen-bond donors (Lipinski definition) is 2. The summed E-state index contributed by atoms with van der Waals surface area (Å²) in [5.41, 5.74) is 2.65. The lowest BCUT2D eigenvalue weighted by atomic mass is 10.1. The fraction of sp³-hybridized carbons (Fsp3) is 0.323. The number of imidazole rings is 1. The van der Waals surface area contributed by atoms with E-state index in [0.717, 1.165) is 24.9 Å². The second-order valence-electron chi connectivity index (χ2n) is 10.7. The van der Waals surface area contributed by atoms with Crippen molar-refractivity contribution >= 4 is 29.0 Å². The molecule has 2 amide bonds. The molecule has 226 valence electrons. The fourth-order valence-corrected chi connectivity index (χ4v) is 5.69. The zero-order chi connectivity index (χ0) is 30.8. The molecule has 1 unspecified atom stereocenters. The van der Waals surface area contributed by atoms with Gasteiger partial charge >= 0.3 is 0 Å². The Morgan fingerprint density at radius 2 is 1.91 bits per heavy atom. The van der Waals surface area contributed by atoms with Crippen LogP contribution < -0.4 is 15.4 Å². The second kappa shape index (κ2) is 12.3. The smallest absolute Gasteiger partial charge is 0.254 e. The summed E-state index contributed by atoms with van der Waals surface area (Å²) >= 11 is 0. The van der Waals surface area contributed by atoms with Crippen LogP contribution in [-0.2, 0) is 4.79 Å². The van der Waals surface area contributed by atoms with E-state index in [1.807, 2.05) is 17.9 Å². The minimum Gasteiger partial charge on any atom is -0.476 e. The number of ether oxygens (including phenoxy) is 1. The number of nitrogens with zero attached hydrogens (tertiary/aromatic N) is 6. The number of rotatable bonds is 7. The standard InChI is InChI=1S/C31H30F2N8O3/c1-19-17-20(4-5-21(19)30(42)39-12-14-40(15-13-39)31(43)23-3-2-9-35-23)38-28-29-37-18-24(41(29)11-10-36-28)22-6-7-25(44-16-8-34)27(33)26(22)32/h4-7,10-11,17-18,23,35H,2-3,9,12-16H2,1H3,(H,36,38). The molecule has 2 aliphatic heterocycles. The zero-order valence-electron chi connectivity index (χ0n) is 24.0. The summed E-state index contributed by atoms with van der Waals surface area (Å²) in [5, 5.41) is 15.1. The number of benzene rings is 2. The maximum absolute atomic E-state index is 15.0. The van der Waals surface area contributed by atoms with Crippen LogP contribution in [0.5, 0.6) is 5.75 Å². The molecule has 44 heavy (non-hydrogen) atoms. The number of aryl methyl sites for hydroxylation is 1. The molecule has 0 aliphatic carbocycles. The monoisotopic (exact) mass is 600 g/mol. The number of hydrogen-bond acceptors (Lipinski definition) is 8. The van der Waals surface area contributed by atoms with E-state index in [1.54, 1.807) is 33.7 Å². The number of amides is 2. The predicted molar refractivity (Wildman–Crippen MR) is 157 cm³/mol. The Balaban J connectivity index is 1.16. The number of nitriles is 1. The summed E-state index contributed by atoms with van der Waals surface area (Å²) in [4.78, 5) is 38.4. The lowest BCUT2D eigenvalue weighted by molar-refractivity contribution is -0.134. The molecular formula is C31H30F2N8O3. The zero-order valence-corrected chi connectivity index (χ0v) is 24.0. The Kier molecular flexibility index (Phi) is 8.08. The van der Waals surface area contributed by atoms with Crippen molar-refractivity contribution in [2.45, 2.75) is 25.8 Å². The number of carbonyl (C=O) groups is 2. The lowest BCUT2D eigenvalue weighted by Crippen LogP contribution is -2.54. The largest absolute Gasteiger partial charge is 0.476 e. The van der Waals surface area contributed by atoms with E-state index >= 15 is 0 Å². The maximum Gasteiger partial charge on any atom is 0.254 e. The quantitative estimate of drug-likeness (QED) is 0.329. The van der Waals surface area contributed by atoms with Crippen LogP contribution in [-0.4, -0.2) is 81.4 Å². The molecule has 0 bridgehead atoms. The average molecular weight is 601 g/mol. The minimum atomic E-state index is -1.19. The Labute approximate surface area is 252 Å². The van der Waals surface area contributed by atoms with Gasteiger partial charge < -0.3 is 25.2 Å². The molecule has 0 saturated carbocycles. The average Bonchev–Trinajstić information content (AvgIpc) is 3.73. The van der Waals surface area contributed by atoms with Gasteiger partial charge in [-0.15, -0.1) is 0 Å². The second-order valence-corrected chi connectivity index (χ2v) is 10.7. The maximum atomic E-state index is 15.0. The molecule has 4 aromatic rings. The lowest BCUT2D eigenvalue weighted by Gasteiger charge is -2.36. The molecule has 13 heteroatoms. The molecule has 2 saturated heterocycles. The predicted octanol–water partition coefficient (Wildman–Crippen LogP) is 3.67. The summed E-state index contributed by atoms with van der Waals surface area (Å²) in [6.45, 7) is 4.30. The van der Waals surface area contributed by atoms with E-state index in [1.165, 1.54) is 24.5 Å². The molecule has 2 aromatic heterocycles. The van der Waals surface area contributed by atoms with Gasteiger partial charge in [0, 0.05) is 55.4 Å². The van der Waals surface area contributed by atoms with E-state index in [0.29, 0.717) is 54.6 Å². The summed E-state index contributed by atoms with van der Waals surface area (Å²) in [6, 6.07) is 9.61. The first kappa shape index (κ1) is 29.0. The van der Waals surface area contributed by atoms with Gasteiger partial charge in [0.1, 0.15) is 6.07 Å². The van der Waals surface area contributed by atoms with Crippen molar-refractivity contribution < 1.29 is 23.1 Å². The van der Waals surface area contributed by atoms with Crippen LogP contribution in [0.15, 0.2) is 48.9 Å². The van der Waals surface area contributed by atoms with Gasteiger partial charge in [-0.3, -0.25) is 14.0 Å². The topological polar surface area (TPSA) is 128 Å². The van der Waals surface area contributed by atoms with Gasteiger partial charge in [-0.2, -0.15) is 9.65 Å². The van der Waals surface area contributed by atoms with E-state index in [-0.39, 0.29) is 29.2 Å². The number of fused-ring (bicyclic) bond motifs is 1. The third kappa shape index (κ3) is 5.51. The molecule has 2 fully saturated rings. The summed E-state index contributed by atoms with van der Waals surface area (Å²) in [5.74, 6) is -2.25. The van der Waals surface area contributed by atoms with E-state index < -0.39 is 18.2 Å². The first-order chi connectivity index (χ1) is 21.4. The number of carbonyl (C=O) groups excluding carboxylic acids is 2. The van der Waals surface area contributed by atoms with E-state index in [9.17, 15) is 18.4 Å². The van der Waals surface area contributed by atoms with Crippen molar-refractivity contribution in [2.24, 2.45) is 0 Å². The van der Waals surface area contributed by atoms with Crippen LogP contribution in [0.25, 0.3) is 16.9 Å². The Bertz CT molecular complexity index is 1770. The molecule has 2 aromatic carbocycles. The third-order valence-electron chi connectivity index (χ3n) is 8.00. The first-order valence-corrected chi connectivity index (χ1v) is 14.3. The van der Waals surface area contributed by atoms with Crippen molar-refractivity contribution in [1.82, 2.24) is 29.5 Å². The molecule has 2 N–H and O–H groups in total. The van der Waals surface area contributed by atoms with Crippen molar-refractivity contribution in [3.8, 4) is 23.1 Å². The Morgan fingerprint density at radius 1 is 1.11 bits per heavy atom. The Morgan fingerprint density at radius 3 is 2.64 bits per heavy atom. The van der Waals surface area contributed by atoms with Gasteiger partial charge in [-0.05, 0) is 62.2 Å². The molecular weight excluding hydrogens is 570 g/mol. The normalized spacial score (nSPS) is 16.6. The summed E-state index contributed by atoms with van der Waals surface area (Å²) in [7, 11) is 0. The highest BCUT2D eigenvalue weighted by Crippen LogP contribution is 2.32. The fourth-order valence-electron chi connectivity index (χ4n) is 5.69. The van der Waals surface area contributed by atoms with Crippen LogP contribution in [0.2, 0.25) is 0 Å². The van der Waals surface area contributed by atoms with Gasteiger partial charge in [0.05, 0.1) is 17.9 Å². The first-order valence-electron chi connectivity index (χ1n) is 14.3. The van der Waals surface area contributed by atoms with Crippen LogP contribution in [0, 0.1) is 29.9 Å². The number of nitrogens with one attached hydrogen (secondary N) is 2. The van der Waals surface area contributed by atoms with Gasteiger partial charge in [-0.1, -0.05) is 0 Å². The number of piperazine rings is 1. The van der Waals surface area contributed by atoms with E-state index in [4.69, 9.17) is 10.00 Å². The van der Waals surface area contributed by atoms with Crippen LogP contribution in [0.4, 0.5) is 20.3 Å². The van der Waals surface area contributed by atoms with Crippen LogP contribution in [0.3, 0.4) is 0 Å². The van der Waals surface area contributed by atoms with Crippen molar-refractivity contribution in [3.05, 3.63) is 71.7 Å². The van der Waals surface area contributed by atoms with Crippen molar-refractivity contribution in [1.29, 1.82) is 5.26 Å². The minimum absolute atomic E-state index is 0.0319. The van der Waals surface area contributed by atoms with Gasteiger partial charge in [0.2, 0.25) is 11.7 Å². The van der Waals surface area contributed by atoms with E-state index in [2.05, 4.69) is 20.6 Å². The molecule has 0 radical (unpaired) electrons. The summed E-state index contributed by atoms with van der Waals surface area (Å²) in [6.07, 6.45) is 6.38. The SMILES string of the molecule is Cc1cc(Nc2nccn3c(-c4ccc(OCC#N)c(F)c4F)cnc23)ccc1C(=O)N1CCN(C(=O)C2CCCN2)CC1. The molecule has 1 atom stereocenters. The highest BCUT2D eigenvalue weighted by molar-refractivity contribution is 5.96. The van der Waals surface area contributed by atoms with Gasteiger partial charge in [0.15, 0.2) is 29.6 Å². The van der Waals surface area contributed by atoms with Crippen LogP contribution in [0.1, 0.15) is 28.8 Å².